The summed E-state index contributed by atoms with van der Waals surface area (Å²) in [4.78, 5) is 29.9. The van der Waals surface area contributed by atoms with Gasteiger partial charge in [-0.25, -0.2) is 0 Å². The number of rotatable bonds is 6. The third-order valence-electron chi connectivity index (χ3n) is 6.97. The molecule has 1 amide bonds. The Morgan fingerprint density at radius 1 is 1.00 bits per heavy atom. The molecule has 2 aromatic carbocycles. The average molecular weight is 443 g/mol. The molecule has 0 atom stereocenters. The summed E-state index contributed by atoms with van der Waals surface area (Å²) >= 11 is 0. The van der Waals surface area contributed by atoms with Crippen molar-refractivity contribution in [3.63, 3.8) is 0 Å². The number of benzene rings is 2. The van der Waals surface area contributed by atoms with Gasteiger partial charge in [0.25, 0.3) is 5.91 Å². The summed E-state index contributed by atoms with van der Waals surface area (Å²) in [6.07, 6.45) is 3.83. The lowest BCUT2D eigenvalue weighted by Gasteiger charge is -2.17. The molecule has 0 radical (unpaired) electrons. The second kappa shape index (κ2) is 8.03. The van der Waals surface area contributed by atoms with Crippen molar-refractivity contribution in [2.75, 3.05) is 13.8 Å². The molecular weight excluding hydrogens is 416 g/mol. The van der Waals surface area contributed by atoms with Crippen LogP contribution in [0.15, 0.2) is 48.7 Å². The largest absolute Gasteiger partial charge is 0.454 e. The van der Waals surface area contributed by atoms with Crippen molar-refractivity contribution in [1.29, 1.82) is 0 Å². The number of carbonyl (C=O) groups excluding carboxylic acids is 2. The van der Waals surface area contributed by atoms with E-state index >= 15 is 0 Å². The Hall–Kier alpha value is -3.67. The summed E-state index contributed by atoms with van der Waals surface area (Å²) in [7, 11) is 1.62. The quantitative estimate of drug-likeness (QED) is 0.616. The Morgan fingerprint density at radius 3 is 2.42 bits per heavy atom. The van der Waals surface area contributed by atoms with Crippen LogP contribution in [0.3, 0.4) is 0 Å². The molecule has 33 heavy (non-hydrogen) atoms. The first-order valence-electron chi connectivity index (χ1n) is 11.1. The minimum Gasteiger partial charge on any atom is -0.454 e. The highest BCUT2D eigenvalue weighted by atomic mass is 16.7. The summed E-state index contributed by atoms with van der Waals surface area (Å²) in [5.74, 6) is 1.52. The summed E-state index contributed by atoms with van der Waals surface area (Å²) in [6, 6.07) is 13.3. The van der Waals surface area contributed by atoms with Crippen molar-refractivity contribution in [2.45, 2.75) is 38.5 Å². The molecule has 1 N–H and O–H groups in total. The lowest BCUT2D eigenvalue weighted by molar-refractivity contribution is -0.120. The SMILES string of the molecule is CNC(=O)c1ccc(-c2cnc(CC(=O)C3(c4ccc5c(c4)OCO5)CC3)c(C)c2C)cc1. The molecule has 2 heterocycles. The van der Waals surface area contributed by atoms with Gasteiger partial charge < -0.3 is 14.8 Å². The second-order valence-corrected chi connectivity index (χ2v) is 8.78. The number of aromatic nitrogens is 1. The fourth-order valence-corrected chi connectivity index (χ4v) is 4.54. The lowest BCUT2D eigenvalue weighted by Crippen LogP contribution is -2.23. The van der Waals surface area contributed by atoms with E-state index in [1.165, 1.54) is 0 Å². The smallest absolute Gasteiger partial charge is 0.251 e. The van der Waals surface area contributed by atoms with E-state index in [-0.39, 0.29) is 18.5 Å². The first-order chi connectivity index (χ1) is 15.9. The number of fused-ring (bicyclic) bond motifs is 1. The number of pyridine rings is 1. The van der Waals surface area contributed by atoms with E-state index in [9.17, 15) is 9.59 Å². The van der Waals surface area contributed by atoms with Crippen LogP contribution < -0.4 is 14.8 Å². The molecular formula is C27H26N2O4. The summed E-state index contributed by atoms with van der Waals surface area (Å²) < 4.78 is 10.9. The number of Topliss-reactive ketones (excluding diaryl/α,β-unsaturated/α-hetero) is 1. The van der Waals surface area contributed by atoms with Crippen molar-refractivity contribution < 1.29 is 19.1 Å². The van der Waals surface area contributed by atoms with E-state index in [0.717, 1.165) is 52.1 Å². The van der Waals surface area contributed by atoms with Gasteiger partial charge in [0.2, 0.25) is 6.79 Å². The van der Waals surface area contributed by atoms with Gasteiger partial charge in [0.1, 0.15) is 5.78 Å². The van der Waals surface area contributed by atoms with Crippen molar-refractivity contribution in [1.82, 2.24) is 10.3 Å². The normalized spacial score (nSPS) is 15.2. The van der Waals surface area contributed by atoms with Gasteiger partial charge in [-0.05, 0) is 73.2 Å². The topological polar surface area (TPSA) is 77.5 Å². The van der Waals surface area contributed by atoms with Crippen LogP contribution in [0.5, 0.6) is 11.5 Å². The van der Waals surface area contributed by atoms with Gasteiger partial charge in [-0.3, -0.25) is 14.6 Å². The van der Waals surface area contributed by atoms with E-state index in [0.29, 0.717) is 17.7 Å². The number of amides is 1. The predicted molar refractivity (Wildman–Crippen MR) is 125 cm³/mol. The summed E-state index contributed by atoms with van der Waals surface area (Å²) in [5, 5.41) is 2.63. The molecule has 1 aliphatic heterocycles. The van der Waals surface area contributed by atoms with Gasteiger partial charge in [0.15, 0.2) is 11.5 Å². The second-order valence-electron chi connectivity index (χ2n) is 8.78. The molecule has 0 saturated heterocycles. The van der Waals surface area contributed by atoms with Crippen LogP contribution in [-0.2, 0) is 16.6 Å². The van der Waals surface area contributed by atoms with Crippen molar-refractivity contribution in [3.05, 3.63) is 76.6 Å². The molecule has 1 aliphatic carbocycles. The predicted octanol–water partition coefficient (Wildman–Crippen LogP) is 4.30. The minimum absolute atomic E-state index is 0.113. The van der Waals surface area contributed by atoms with Gasteiger partial charge in [0.05, 0.1) is 11.1 Å². The Morgan fingerprint density at radius 2 is 1.73 bits per heavy atom. The molecule has 3 aromatic rings. The summed E-state index contributed by atoms with van der Waals surface area (Å²) in [5.41, 5.74) is 6.10. The van der Waals surface area contributed by atoms with Crippen molar-refractivity contribution in [2.24, 2.45) is 0 Å². The van der Waals surface area contributed by atoms with E-state index in [4.69, 9.17) is 9.47 Å². The number of nitrogens with zero attached hydrogens (tertiary/aromatic N) is 1. The number of hydrogen-bond acceptors (Lipinski definition) is 5. The average Bonchev–Trinajstić information content (AvgIpc) is 3.52. The highest BCUT2D eigenvalue weighted by molar-refractivity contribution is 5.95. The Balaban J connectivity index is 1.38. The third-order valence-corrected chi connectivity index (χ3v) is 6.97. The fraction of sp³-hybridized carbons (Fsp3) is 0.296. The van der Waals surface area contributed by atoms with Gasteiger partial charge in [-0.1, -0.05) is 18.2 Å². The molecule has 168 valence electrons. The van der Waals surface area contributed by atoms with E-state index in [1.807, 2.05) is 55.6 Å². The van der Waals surface area contributed by atoms with Gasteiger partial charge in [-0.15, -0.1) is 0 Å². The monoisotopic (exact) mass is 442 g/mol. The Kier molecular flexibility index (Phi) is 5.16. The first kappa shape index (κ1) is 21.2. The lowest BCUT2D eigenvalue weighted by atomic mass is 9.87. The zero-order chi connectivity index (χ0) is 23.2. The maximum absolute atomic E-state index is 13.4. The zero-order valence-corrected chi connectivity index (χ0v) is 19.0. The van der Waals surface area contributed by atoms with E-state index < -0.39 is 5.41 Å². The number of ketones is 1. The molecule has 1 saturated carbocycles. The molecule has 0 bridgehead atoms. The highest BCUT2D eigenvalue weighted by Crippen LogP contribution is 2.51. The number of carbonyl (C=O) groups is 2. The molecule has 1 fully saturated rings. The number of ether oxygens (including phenoxy) is 2. The van der Waals surface area contributed by atoms with Crippen molar-refractivity contribution >= 4 is 11.7 Å². The van der Waals surface area contributed by atoms with Crippen LogP contribution in [0.25, 0.3) is 11.1 Å². The maximum atomic E-state index is 13.4. The maximum Gasteiger partial charge on any atom is 0.251 e. The van der Waals surface area contributed by atoms with Gasteiger partial charge in [0, 0.05) is 30.8 Å². The molecule has 2 aliphatic rings. The van der Waals surface area contributed by atoms with Gasteiger partial charge in [-0.2, -0.15) is 0 Å². The first-order valence-corrected chi connectivity index (χ1v) is 11.1. The third kappa shape index (κ3) is 3.65. The highest BCUT2D eigenvalue weighted by Gasteiger charge is 2.51. The van der Waals surface area contributed by atoms with Crippen LogP contribution in [0.2, 0.25) is 0 Å². The van der Waals surface area contributed by atoms with Crippen LogP contribution >= 0.6 is 0 Å². The van der Waals surface area contributed by atoms with Gasteiger partial charge >= 0.3 is 0 Å². The molecule has 0 unspecified atom stereocenters. The zero-order valence-electron chi connectivity index (χ0n) is 19.0. The number of nitrogens with one attached hydrogen (secondary N) is 1. The van der Waals surface area contributed by atoms with Crippen LogP contribution in [-0.4, -0.2) is 30.5 Å². The summed E-state index contributed by atoms with van der Waals surface area (Å²) in [6.45, 7) is 4.30. The minimum atomic E-state index is -0.447. The van der Waals surface area contributed by atoms with Crippen LogP contribution in [0.4, 0.5) is 0 Å². The standard InChI is InChI=1S/C27H26N2O4/c1-16-17(2)22(29-14-21(16)18-4-6-19(7-5-18)26(31)28-3)13-25(30)27(10-11-27)20-8-9-23-24(12-20)33-15-32-23/h4-9,12,14H,10-11,13,15H2,1-3H3,(H,28,31). The fourth-order valence-electron chi connectivity index (χ4n) is 4.54. The Bertz CT molecular complexity index is 1260. The molecule has 6 heteroatoms. The van der Waals surface area contributed by atoms with E-state index in [2.05, 4.69) is 17.2 Å². The van der Waals surface area contributed by atoms with Crippen molar-refractivity contribution in [3.8, 4) is 22.6 Å². The van der Waals surface area contributed by atoms with E-state index in [1.54, 1.807) is 7.05 Å². The molecule has 0 spiro atoms. The number of hydrogen-bond donors (Lipinski definition) is 1. The molecule has 6 nitrogen and oxygen atoms in total. The molecule has 5 rings (SSSR count). The van der Waals surface area contributed by atoms with Crippen LogP contribution in [0, 0.1) is 13.8 Å². The molecule has 1 aromatic heterocycles. The Labute approximate surface area is 193 Å². The van der Waals surface area contributed by atoms with Crippen LogP contribution in [0.1, 0.15) is 45.6 Å².